The van der Waals surface area contributed by atoms with Gasteiger partial charge in [0.15, 0.2) is 0 Å². The first kappa shape index (κ1) is 15.9. The molecule has 0 aromatic heterocycles. The highest BCUT2D eigenvalue weighted by atomic mass is 32.3. The Morgan fingerprint density at radius 2 is 1.65 bits per heavy atom. The van der Waals surface area contributed by atoms with Crippen LogP contribution >= 0.6 is 0 Å². The van der Waals surface area contributed by atoms with Crippen LogP contribution in [0, 0.1) is 0 Å². The highest BCUT2D eigenvalue weighted by Crippen LogP contribution is 2.19. The summed E-state index contributed by atoms with van der Waals surface area (Å²) in [6.07, 6.45) is 0.376. The zero-order chi connectivity index (χ0) is 13.5. The molecular formula is C10H13F3O3S. The van der Waals surface area contributed by atoms with Crippen molar-refractivity contribution in [2.75, 3.05) is 0 Å². The quantitative estimate of drug-likeness (QED) is 0.678. The molecule has 1 N–H and O–H groups in total. The van der Waals surface area contributed by atoms with Crippen molar-refractivity contribution in [2.24, 2.45) is 0 Å². The van der Waals surface area contributed by atoms with E-state index in [9.17, 15) is 12.7 Å². The number of aryl methyl sites for hydroxylation is 1. The van der Waals surface area contributed by atoms with Gasteiger partial charge in [-0.2, -0.15) is 8.42 Å². The minimum Gasteiger partial charge on any atom is -0.260 e. The molecule has 1 aromatic rings. The van der Waals surface area contributed by atoms with E-state index in [4.69, 9.17) is 13.0 Å². The number of benzene rings is 1. The highest BCUT2D eigenvalue weighted by Gasteiger charge is 2.19. The van der Waals surface area contributed by atoms with E-state index in [1.807, 2.05) is 30.3 Å². The summed E-state index contributed by atoms with van der Waals surface area (Å²) in [5, 5.41) is 0. The van der Waals surface area contributed by atoms with Gasteiger partial charge in [0.1, 0.15) is 0 Å². The fraction of sp³-hybridized carbons (Fsp3) is 0.400. The zero-order valence-corrected chi connectivity index (χ0v) is 9.92. The van der Waals surface area contributed by atoms with Gasteiger partial charge in [-0.3, -0.25) is 4.55 Å². The predicted octanol–water partition coefficient (Wildman–Crippen LogP) is 3.03. The van der Waals surface area contributed by atoms with Crippen LogP contribution in [-0.4, -0.2) is 18.9 Å². The van der Waals surface area contributed by atoms with Crippen LogP contribution < -0.4 is 0 Å². The van der Waals surface area contributed by atoms with Crippen molar-refractivity contribution in [1.82, 2.24) is 0 Å². The highest BCUT2D eigenvalue weighted by molar-refractivity contribution is 7.80. The van der Waals surface area contributed by atoms with Gasteiger partial charge < -0.3 is 0 Å². The second-order valence-electron chi connectivity index (χ2n) is 3.47. The second-order valence-corrected chi connectivity index (χ2v) is 4.29. The number of hydrogen-bond acceptors (Lipinski definition) is 2. The van der Waals surface area contributed by atoms with Gasteiger partial charge >= 0.3 is 10.5 Å². The molecule has 0 aliphatic carbocycles. The summed E-state index contributed by atoms with van der Waals surface area (Å²) in [5.41, 5.74) is 0.971. The van der Waals surface area contributed by atoms with Crippen molar-refractivity contribution in [3.63, 3.8) is 0 Å². The van der Waals surface area contributed by atoms with Crippen LogP contribution in [0.1, 0.15) is 18.9 Å². The van der Waals surface area contributed by atoms with Gasteiger partial charge in [-0.05, 0) is 18.9 Å². The Kier molecular flexibility index (Phi) is 6.19. The number of rotatable bonds is 3. The molecule has 0 spiro atoms. The Morgan fingerprint density at radius 1 is 1.24 bits per heavy atom. The lowest BCUT2D eigenvalue weighted by Gasteiger charge is -2.08. The summed E-state index contributed by atoms with van der Waals surface area (Å²) in [7, 11) is -5.17. The normalized spacial score (nSPS) is 11.6. The molecule has 0 heterocycles. The molecule has 1 rings (SSSR count). The van der Waals surface area contributed by atoms with Gasteiger partial charge in [-0.15, -0.1) is 0 Å². The third-order valence-electron chi connectivity index (χ3n) is 1.70. The molecule has 0 bridgehead atoms. The lowest BCUT2D eigenvalue weighted by atomic mass is 10.1. The van der Waals surface area contributed by atoms with Gasteiger partial charge in [-0.1, -0.05) is 34.2 Å². The maximum absolute atomic E-state index is 12.4. The zero-order valence-electron chi connectivity index (χ0n) is 9.11. The van der Waals surface area contributed by atoms with Gasteiger partial charge in [-0.25, -0.2) is 8.78 Å². The first-order valence-electron chi connectivity index (χ1n) is 4.67. The average Bonchev–Trinajstić information content (AvgIpc) is 2.13. The van der Waals surface area contributed by atoms with Crippen molar-refractivity contribution in [2.45, 2.75) is 25.7 Å². The van der Waals surface area contributed by atoms with Crippen LogP contribution in [0.25, 0.3) is 0 Å². The lowest BCUT2D eigenvalue weighted by molar-refractivity contribution is 0.0133. The molecule has 0 fully saturated rings. The largest absolute Gasteiger partial charge is 0.435 e. The van der Waals surface area contributed by atoms with E-state index >= 15 is 0 Å². The van der Waals surface area contributed by atoms with E-state index in [0.29, 0.717) is 6.42 Å². The molecule has 0 aliphatic heterocycles. The molecule has 0 amide bonds. The SMILES string of the molecule is CC(F)(F)CCc1ccccc1.O=S(=O)(O)F. The molecule has 98 valence electrons. The first-order valence-corrected chi connectivity index (χ1v) is 6.01. The van der Waals surface area contributed by atoms with Gasteiger partial charge in [0.05, 0.1) is 0 Å². The smallest absolute Gasteiger partial charge is 0.260 e. The van der Waals surface area contributed by atoms with E-state index in [-0.39, 0.29) is 6.42 Å². The third kappa shape index (κ3) is 14.9. The van der Waals surface area contributed by atoms with E-state index in [2.05, 4.69) is 0 Å². The van der Waals surface area contributed by atoms with Crippen molar-refractivity contribution in [3.05, 3.63) is 35.9 Å². The standard InChI is InChI=1S/C10H12F2.FHO3S/c1-10(11,12)8-7-9-5-3-2-4-6-9;1-5(2,3)4/h2-6H,7-8H2,1H3;(H,2,3,4). The van der Waals surface area contributed by atoms with Gasteiger partial charge in [0.2, 0.25) is 5.92 Å². The summed E-state index contributed by atoms with van der Waals surface area (Å²) in [6, 6.07) is 9.34. The van der Waals surface area contributed by atoms with E-state index < -0.39 is 16.4 Å². The van der Waals surface area contributed by atoms with E-state index in [0.717, 1.165) is 12.5 Å². The van der Waals surface area contributed by atoms with Crippen molar-refractivity contribution in [1.29, 1.82) is 0 Å². The fourth-order valence-electron chi connectivity index (χ4n) is 1.01. The molecule has 0 saturated heterocycles. The first-order chi connectivity index (χ1) is 7.58. The summed E-state index contributed by atoms with van der Waals surface area (Å²) in [6.45, 7) is 0.954. The molecule has 1 aromatic carbocycles. The summed E-state index contributed by atoms with van der Waals surface area (Å²) in [4.78, 5) is 0. The second kappa shape index (κ2) is 6.61. The Bertz CT molecular complexity index is 404. The molecule has 17 heavy (non-hydrogen) atoms. The van der Waals surface area contributed by atoms with Crippen LogP contribution in [0.15, 0.2) is 30.3 Å². The molecule has 0 aliphatic rings. The van der Waals surface area contributed by atoms with Crippen LogP contribution in [0.5, 0.6) is 0 Å². The predicted molar refractivity (Wildman–Crippen MR) is 58.0 cm³/mol. The number of alkyl halides is 2. The average molecular weight is 270 g/mol. The molecule has 0 radical (unpaired) electrons. The number of halogens is 3. The molecule has 0 atom stereocenters. The van der Waals surface area contributed by atoms with Crippen LogP contribution in [-0.2, 0) is 16.9 Å². The lowest BCUT2D eigenvalue weighted by Crippen LogP contribution is -2.10. The molecule has 0 unspecified atom stereocenters. The fourth-order valence-corrected chi connectivity index (χ4v) is 1.01. The summed E-state index contributed by atoms with van der Waals surface area (Å²) >= 11 is 0. The van der Waals surface area contributed by atoms with Crippen LogP contribution in [0.4, 0.5) is 12.7 Å². The van der Waals surface area contributed by atoms with E-state index in [1.165, 1.54) is 0 Å². The van der Waals surface area contributed by atoms with Crippen molar-refractivity contribution in [3.8, 4) is 0 Å². The van der Waals surface area contributed by atoms with Crippen LogP contribution in [0.3, 0.4) is 0 Å². The Morgan fingerprint density at radius 3 is 2.00 bits per heavy atom. The molecule has 7 heteroatoms. The Hall–Kier alpha value is -1.08. The minimum absolute atomic E-state index is 0.0724. The molecule has 3 nitrogen and oxygen atoms in total. The maximum Gasteiger partial charge on any atom is 0.435 e. The Labute approximate surface area is 98.3 Å². The van der Waals surface area contributed by atoms with Gasteiger partial charge in [0.25, 0.3) is 0 Å². The topological polar surface area (TPSA) is 54.4 Å². The monoisotopic (exact) mass is 270 g/mol. The Balaban J connectivity index is 0.000000437. The van der Waals surface area contributed by atoms with E-state index in [1.54, 1.807) is 0 Å². The van der Waals surface area contributed by atoms with Gasteiger partial charge in [0, 0.05) is 6.42 Å². The van der Waals surface area contributed by atoms with Crippen molar-refractivity contribution < 1.29 is 25.6 Å². The third-order valence-corrected chi connectivity index (χ3v) is 1.70. The molecular weight excluding hydrogens is 257 g/mol. The van der Waals surface area contributed by atoms with Crippen molar-refractivity contribution >= 4 is 10.5 Å². The summed E-state index contributed by atoms with van der Waals surface area (Å²) in [5.74, 6) is -2.55. The maximum atomic E-state index is 12.4. The number of hydrogen-bond donors (Lipinski definition) is 1. The minimum atomic E-state index is -5.17. The summed E-state index contributed by atoms with van der Waals surface area (Å²) < 4.78 is 58.9. The molecule has 0 saturated carbocycles. The van der Waals surface area contributed by atoms with Crippen LogP contribution in [0.2, 0.25) is 0 Å².